The Hall–Kier alpha value is -0.870. The number of ether oxygens (including phenoxy) is 1. The molecule has 0 amide bonds. The van der Waals surface area contributed by atoms with Crippen molar-refractivity contribution in [1.29, 1.82) is 0 Å². The third-order valence-electron chi connectivity index (χ3n) is 3.64. The molecule has 18 heavy (non-hydrogen) atoms. The number of hydrogen-bond acceptors (Lipinski definition) is 3. The molecule has 0 aliphatic heterocycles. The van der Waals surface area contributed by atoms with Gasteiger partial charge in [0, 0.05) is 25.9 Å². The van der Waals surface area contributed by atoms with Crippen molar-refractivity contribution < 1.29 is 4.74 Å². The number of nitrogens with zero attached hydrogens (tertiary/aromatic N) is 2. The van der Waals surface area contributed by atoms with E-state index < -0.39 is 0 Å². The molecule has 1 aliphatic carbocycles. The molecule has 102 valence electrons. The topological polar surface area (TPSA) is 39.1 Å². The van der Waals surface area contributed by atoms with Crippen molar-refractivity contribution in [3.63, 3.8) is 0 Å². The van der Waals surface area contributed by atoms with Crippen molar-refractivity contribution in [3.05, 3.63) is 17.2 Å². The van der Waals surface area contributed by atoms with Crippen LogP contribution in [0.25, 0.3) is 0 Å². The number of methoxy groups -OCH3 is 1. The van der Waals surface area contributed by atoms with Gasteiger partial charge in [0.15, 0.2) is 0 Å². The number of aryl methyl sites for hydroxylation is 2. The summed E-state index contributed by atoms with van der Waals surface area (Å²) < 4.78 is 7.43. The normalized spacial score (nSPS) is 14.8. The fraction of sp³-hybridized carbons (Fsp3) is 0.786. The SMILES string of the molecule is COCCNCCCn1c(C)nc2c1CCCC2. The maximum atomic E-state index is 5.01. The first-order valence-electron chi connectivity index (χ1n) is 7.07. The van der Waals surface area contributed by atoms with Gasteiger partial charge in [-0.25, -0.2) is 4.98 Å². The molecule has 0 spiro atoms. The third kappa shape index (κ3) is 3.33. The van der Waals surface area contributed by atoms with Crippen LogP contribution in [0.15, 0.2) is 0 Å². The Morgan fingerprint density at radius 2 is 2.11 bits per heavy atom. The lowest BCUT2D eigenvalue weighted by Gasteiger charge is -2.14. The molecule has 0 atom stereocenters. The number of nitrogens with one attached hydrogen (secondary N) is 1. The summed E-state index contributed by atoms with van der Waals surface area (Å²) in [6.07, 6.45) is 6.18. The molecule has 0 saturated heterocycles. The van der Waals surface area contributed by atoms with Crippen LogP contribution in [0.1, 0.15) is 36.5 Å². The quantitative estimate of drug-likeness (QED) is 0.750. The van der Waals surface area contributed by atoms with Crippen molar-refractivity contribution in [1.82, 2.24) is 14.9 Å². The first-order valence-corrected chi connectivity index (χ1v) is 7.07. The van der Waals surface area contributed by atoms with Gasteiger partial charge < -0.3 is 14.6 Å². The van der Waals surface area contributed by atoms with Crippen molar-refractivity contribution in [2.45, 2.75) is 45.6 Å². The molecule has 1 N–H and O–H groups in total. The van der Waals surface area contributed by atoms with Crippen LogP contribution in [0.4, 0.5) is 0 Å². The predicted octanol–water partition coefficient (Wildman–Crippen LogP) is 1.70. The molecule has 0 saturated carbocycles. The summed E-state index contributed by atoms with van der Waals surface area (Å²) in [6.45, 7) is 6.01. The van der Waals surface area contributed by atoms with E-state index in [1.54, 1.807) is 7.11 Å². The number of hydrogen-bond donors (Lipinski definition) is 1. The molecule has 0 aromatic carbocycles. The maximum Gasteiger partial charge on any atom is 0.106 e. The molecule has 4 nitrogen and oxygen atoms in total. The Morgan fingerprint density at radius 1 is 1.28 bits per heavy atom. The van der Waals surface area contributed by atoms with Gasteiger partial charge in [-0.3, -0.25) is 0 Å². The van der Waals surface area contributed by atoms with E-state index in [0.29, 0.717) is 0 Å². The Kier molecular flexibility index (Phi) is 5.20. The van der Waals surface area contributed by atoms with Gasteiger partial charge in [0.25, 0.3) is 0 Å². The zero-order valence-corrected chi connectivity index (χ0v) is 11.7. The van der Waals surface area contributed by atoms with Crippen LogP contribution in [-0.4, -0.2) is 36.4 Å². The van der Waals surface area contributed by atoms with Crippen LogP contribution < -0.4 is 5.32 Å². The van der Waals surface area contributed by atoms with E-state index >= 15 is 0 Å². The van der Waals surface area contributed by atoms with E-state index in [4.69, 9.17) is 9.72 Å². The summed E-state index contributed by atoms with van der Waals surface area (Å²) in [5.41, 5.74) is 2.85. The first-order chi connectivity index (χ1) is 8.83. The molecule has 0 radical (unpaired) electrons. The highest BCUT2D eigenvalue weighted by atomic mass is 16.5. The fourth-order valence-electron chi connectivity index (χ4n) is 2.69. The first kappa shape index (κ1) is 13.6. The second-order valence-corrected chi connectivity index (χ2v) is 5.01. The van der Waals surface area contributed by atoms with Gasteiger partial charge in [0.1, 0.15) is 5.82 Å². The molecule has 2 rings (SSSR count). The van der Waals surface area contributed by atoms with Crippen LogP contribution in [-0.2, 0) is 24.1 Å². The second kappa shape index (κ2) is 6.90. The molecule has 1 aromatic rings. The van der Waals surface area contributed by atoms with Crippen molar-refractivity contribution in [3.8, 4) is 0 Å². The summed E-state index contributed by atoms with van der Waals surface area (Å²) in [5, 5.41) is 3.39. The minimum atomic E-state index is 0.791. The molecule has 0 unspecified atom stereocenters. The highest BCUT2D eigenvalue weighted by Crippen LogP contribution is 2.22. The molecule has 1 aromatic heterocycles. The smallest absolute Gasteiger partial charge is 0.106 e. The van der Waals surface area contributed by atoms with Crippen molar-refractivity contribution in [2.75, 3.05) is 26.8 Å². The van der Waals surface area contributed by atoms with E-state index in [9.17, 15) is 0 Å². The van der Waals surface area contributed by atoms with E-state index in [-0.39, 0.29) is 0 Å². The average molecular weight is 251 g/mol. The number of aromatic nitrogens is 2. The maximum absolute atomic E-state index is 5.01. The van der Waals surface area contributed by atoms with Crippen LogP contribution in [0.5, 0.6) is 0 Å². The van der Waals surface area contributed by atoms with Crippen molar-refractivity contribution >= 4 is 0 Å². The van der Waals surface area contributed by atoms with Gasteiger partial charge in [-0.05, 0) is 45.6 Å². The summed E-state index contributed by atoms with van der Waals surface area (Å²) in [5.74, 6) is 1.19. The zero-order chi connectivity index (χ0) is 12.8. The summed E-state index contributed by atoms with van der Waals surface area (Å²) >= 11 is 0. The fourth-order valence-corrected chi connectivity index (χ4v) is 2.69. The lowest BCUT2D eigenvalue weighted by molar-refractivity contribution is 0.199. The van der Waals surface area contributed by atoms with Crippen molar-refractivity contribution in [2.24, 2.45) is 0 Å². The largest absolute Gasteiger partial charge is 0.383 e. The van der Waals surface area contributed by atoms with E-state index in [2.05, 4.69) is 16.8 Å². The van der Waals surface area contributed by atoms with Gasteiger partial charge >= 0.3 is 0 Å². The molecule has 0 bridgehead atoms. The van der Waals surface area contributed by atoms with Crippen LogP contribution in [0.2, 0.25) is 0 Å². The lowest BCUT2D eigenvalue weighted by atomic mass is 10.0. The summed E-state index contributed by atoms with van der Waals surface area (Å²) in [4.78, 5) is 4.70. The molecular weight excluding hydrogens is 226 g/mol. The van der Waals surface area contributed by atoms with Gasteiger partial charge in [0.05, 0.1) is 12.3 Å². The van der Waals surface area contributed by atoms with Gasteiger partial charge in [0.2, 0.25) is 0 Å². The van der Waals surface area contributed by atoms with E-state index in [1.165, 1.54) is 42.9 Å². The number of fused-ring (bicyclic) bond motifs is 1. The Balaban J connectivity index is 1.80. The number of rotatable bonds is 7. The van der Waals surface area contributed by atoms with Crippen LogP contribution in [0, 0.1) is 6.92 Å². The summed E-state index contributed by atoms with van der Waals surface area (Å²) in [7, 11) is 1.74. The minimum absolute atomic E-state index is 0.791. The molecule has 0 fully saturated rings. The molecular formula is C14H25N3O. The second-order valence-electron chi connectivity index (χ2n) is 5.01. The van der Waals surface area contributed by atoms with Gasteiger partial charge in [-0.1, -0.05) is 0 Å². The average Bonchev–Trinajstić information content (AvgIpc) is 2.70. The summed E-state index contributed by atoms with van der Waals surface area (Å²) in [6, 6.07) is 0. The van der Waals surface area contributed by atoms with E-state index in [0.717, 1.165) is 32.7 Å². The molecule has 1 heterocycles. The Morgan fingerprint density at radius 3 is 2.94 bits per heavy atom. The van der Waals surface area contributed by atoms with Crippen LogP contribution >= 0.6 is 0 Å². The standard InChI is InChI=1S/C14H25N3O/c1-12-16-13-6-3-4-7-14(13)17(12)10-5-8-15-9-11-18-2/h15H,3-11H2,1-2H3. The molecule has 1 aliphatic rings. The monoisotopic (exact) mass is 251 g/mol. The third-order valence-corrected chi connectivity index (χ3v) is 3.64. The zero-order valence-electron chi connectivity index (χ0n) is 11.7. The molecule has 4 heteroatoms. The van der Waals surface area contributed by atoms with E-state index in [1.807, 2.05) is 0 Å². The highest BCUT2D eigenvalue weighted by Gasteiger charge is 2.17. The van der Waals surface area contributed by atoms with Gasteiger partial charge in [-0.2, -0.15) is 0 Å². The van der Waals surface area contributed by atoms with Crippen LogP contribution in [0.3, 0.4) is 0 Å². The Labute approximate surface area is 110 Å². The predicted molar refractivity (Wildman–Crippen MR) is 73.0 cm³/mol. The Bertz CT molecular complexity index is 373. The highest BCUT2D eigenvalue weighted by molar-refractivity contribution is 5.19. The number of imidazole rings is 1. The van der Waals surface area contributed by atoms with Gasteiger partial charge in [-0.15, -0.1) is 0 Å². The minimum Gasteiger partial charge on any atom is -0.383 e. The lowest BCUT2D eigenvalue weighted by Crippen LogP contribution is -2.22.